The Labute approximate surface area is 68.1 Å². The molecule has 0 aromatic carbocycles. The summed E-state index contributed by atoms with van der Waals surface area (Å²) >= 11 is 0. The molecular weight excluding hydrogens is 136 g/mol. The minimum absolute atomic E-state index is 0.772. The van der Waals surface area contributed by atoms with Gasteiger partial charge in [0, 0.05) is 0 Å². The van der Waals surface area contributed by atoms with Gasteiger partial charge in [-0.25, -0.2) is 0 Å². The van der Waals surface area contributed by atoms with E-state index in [2.05, 4.69) is 6.58 Å². The van der Waals surface area contributed by atoms with Crippen LogP contribution in [0.4, 0.5) is 0 Å². The molecule has 0 radical (unpaired) electrons. The zero-order valence-electron chi connectivity index (χ0n) is 6.70. The number of allylic oxidation sites excluding steroid dienone is 5. The van der Waals surface area contributed by atoms with Crippen molar-refractivity contribution >= 4 is 6.29 Å². The van der Waals surface area contributed by atoms with Gasteiger partial charge in [-0.3, -0.25) is 4.79 Å². The van der Waals surface area contributed by atoms with E-state index in [1.165, 1.54) is 6.08 Å². The standard InChI is InChI=1S/C10H14O/c1-2-3-4-5-6-7-8-9-10-11/h2,6-10H,1,3-5H2/b7-6+,9-8+. The van der Waals surface area contributed by atoms with Crippen LogP contribution in [-0.4, -0.2) is 6.29 Å². The molecule has 0 spiro atoms. The molecule has 1 heteroatoms. The third kappa shape index (κ3) is 8.89. The average molecular weight is 150 g/mol. The maximum atomic E-state index is 9.81. The van der Waals surface area contributed by atoms with Gasteiger partial charge in [-0.1, -0.05) is 24.3 Å². The van der Waals surface area contributed by atoms with E-state index in [4.69, 9.17) is 0 Å². The second-order valence-electron chi connectivity index (χ2n) is 2.17. The molecule has 0 saturated heterocycles. The van der Waals surface area contributed by atoms with Gasteiger partial charge in [0.05, 0.1) is 0 Å². The summed E-state index contributed by atoms with van der Waals surface area (Å²) < 4.78 is 0. The fraction of sp³-hybridized carbons (Fsp3) is 0.300. The molecule has 0 bridgehead atoms. The SMILES string of the molecule is C=CCCC/C=C/C=C/C=O. The van der Waals surface area contributed by atoms with Crippen molar-refractivity contribution in [2.24, 2.45) is 0 Å². The number of hydrogen-bond donors (Lipinski definition) is 0. The van der Waals surface area contributed by atoms with Crippen molar-refractivity contribution in [3.05, 3.63) is 37.0 Å². The van der Waals surface area contributed by atoms with Gasteiger partial charge in [0.15, 0.2) is 0 Å². The molecule has 0 saturated carbocycles. The summed E-state index contributed by atoms with van der Waals surface area (Å²) in [6.07, 6.45) is 13.1. The largest absolute Gasteiger partial charge is 0.299 e. The first-order valence-electron chi connectivity index (χ1n) is 3.79. The summed E-state index contributed by atoms with van der Waals surface area (Å²) in [6, 6.07) is 0. The van der Waals surface area contributed by atoms with E-state index in [-0.39, 0.29) is 0 Å². The normalized spacial score (nSPS) is 10.9. The van der Waals surface area contributed by atoms with Crippen LogP contribution in [-0.2, 0) is 4.79 Å². The maximum Gasteiger partial charge on any atom is 0.142 e. The quantitative estimate of drug-likeness (QED) is 0.187. The van der Waals surface area contributed by atoms with E-state index >= 15 is 0 Å². The van der Waals surface area contributed by atoms with Crippen molar-refractivity contribution in [2.75, 3.05) is 0 Å². The number of aldehydes is 1. The Balaban J connectivity index is 3.22. The lowest BCUT2D eigenvalue weighted by Crippen LogP contribution is -1.66. The fourth-order valence-electron chi connectivity index (χ4n) is 0.664. The first-order chi connectivity index (χ1) is 5.41. The fourth-order valence-corrected chi connectivity index (χ4v) is 0.664. The second kappa shape index (κ2) is 8.89. The highest BCUT2D eigenvalue weighted by Gasteiger charge is 1.76. The summed E-state index contributed by atoms with van der Waals surface area (Å²) in [4.78, 5) is 9.81. The van der Waals surface area contributed by atoms with Crippen molar-refractivity contribution in [1.29, 1.82) is 0 Å². The molecule has 0 aromatic rings. The minimum atomic E-state index is 0.772. The van der Waals surface area contributed by atoms with Gasteiger partial charge in [0.25, 0.3) is 0 Å². The lowest BCUT2D eigenvalue weighted by atomic mass is 10.2. The lowest BCUT2D eigenvalue weighted by molar-refractivity contribution is -0.104. The highest BCUT2D eigenvalue weighted by atomic mass is 16.1. The van der Waals surface area contributed by atoms with Crippen LogP contribution >= 0.6 is 0 Å². The van der Waals surface area contributed by atoms with E-state index in [9.17, 15) is 4.79 Å². The molecule has 0 N–H and O–H groups in total. The average Bonchev–Trinajstić information content (AvgIpc) is 2.03. The summed E-state index contributed by atoms with van der Waals surface area (Å²) in [5.74, 6) is 0. The van der Waals surface area contributed by atoms with Crippen molar-refractivity contribution in [2.45, 2.75) is 19.3 Å². The predicted octanol–water partition coefficient (Wildman–Crippen LogP) is 2.65. The minimum Gasteiger partial charge on any atom is -0.299 e. The van der Waals surface area contributed by atoms with Crippen molar-refractivity contribution in [3.63, 3.8) is 0 Å². The van der Waals surface area contributed by atoms with Crippen LogP contribution in [0, 0.1) is 0 Å². The van der Waals surface area contributed by atoms with Gasteiger partial charge >= 0.3 is 0 Å². The summed E-state index contributed by atoms with van der Waals surface area (Å²) in [6.45, 7) is 3.62. The Kier molecular flexibility index (Phi) is 7.99. The van der Waals surface area contributed by atoms with Crippen LogP contribution in [0.15, 0.2) is 37.0 Å². The maximum absolute atomic E-state index is 9.81. The number of carbonyl (C=O) groups excluding carboxylic acids is 1. The third-order valence-electron chi connectivity index (χ3n) is 1.22. The molecule has 0 heterocycles. The molecule has 0 aliphatic heterocycles. The summed E-state index contributed by atoms with van der Waals surface area (Å²) in [5, 5.41) is 0. The van der Waals surface area contributed by atoms with Crippen LogP contribution < -0.4 is 0 Å². The Morgan fingerprint density at radius 1 is 1.09 bits per heavy atom. The molecule has 11 heavy (non-hydrogen) atoms. The molecule has 1 nitrogen and oxygen atoms in total. The summed E-state index contributed by atoms with van der Waals surface area (Å²) in [7, 11) is 0. The molecule has 0 atom stereocenters. The molecule has 60 valence electrons. The van der Waals surface area contributed by atoms with Crippen LogP contribution in [0.25, 0.3) is 0 Å². The lowest BCUT2D eigenvalue weighted by Gasteiger charge is -1.86. The summed E-state index contributed by atoms with van der Waals surface area (Å²) in [5.41, 5.74) is 0. The van der Waals surface area contributed by atoms with Crippen molar-refractivity contribution < 1.29 is 4.79 Å². The van der Waals surface area contributed by atoms with Crippen LogP contribution in [0.2, 0.25) is 0 Å². The number of rotatable bonds is 6. The Bertz CT molecular complexity index is 154. The van der Waals surface area contributed by atoms with Gasteiger partial charge < -0.3 is 0 Å². The topological polar surface area (TPSA) is 17.1 Å². The van der Waals surface area contributed by atoms with Gasteiger partial charge in [-0.15, -0.1) is 6.58 Å². The van der Waals surface area contributed by atoms with E-state index in [1.54, 1.807) is 6.08 Å². The van der Waals surface area contributed by atoms with E-state index in [1.807, 2.05) is 18.2 Å². The smallest absolute Gasteiger partial charge is 0.142 e. The van der Waals surface area contributed by atoms with Gasteiger partial charge in [0.1, 0.15) is 6.29 Å². The van der Waals surface area contributed by atoms with Gasteiger partial charge in [-0.2, -0.15) is 0 Å². The molecule has 0 unspecified atom stereocenters. The first kappa shape index (κ1) is 9.89. The Hall–Kier alpha value is -1.11. The molecule has 0 amide bonds. The van der Waals surface area contributed by atoms with Crippen LogP contribution in [0.5, 0.6) is 0 Å². The Morgan fingerprint density at radius 3 is 2.55 bits per heavy atom. The third-order valence-corrected chi connectivity index (χ3v) is 1.22. The van der Waals surface area contributed by atoms with E-state index in [0.717, 1.165) is 25.5 Å². The predicted molar refractivity (Wildman–Crippen MR) is 48.4 cm³/mol. The highest BCUT2D eigenvalue weighted by molar-refractivity contribution is 5.65. The molecule has 0 aliphatic carbocycles. The highest BCUT2D eigenvalue weighted by Crippen LogP contribution is 1.96. The van der Waals surface area contributed by atoms with Crippen LogP contribution in [0.1, 0.15) is 19.3 Å². The van der Waals surface area contributed by atoms with Gasteiger partial charge in [-0.05, 0) is 25.3 Å². The van der Waals surface area contributed by atoms with E-state index in [0.29, 0.717) is 0 Å². The molecular formula is C10H14O. The zero-order chi connectivity index (χ0) is 8.36. The van der Waals surface area contributed by atoms with E-state index < -0.39 is 0 Å². The van der Waals surface area contributed by atoms with Gasteiger partial charge in [0.2, 0.25) is 0 Å². The van der Waals surface area contributed by atoms with Crippen LogP contribution in [0.3, 0.4) is 0 Å². The number of unbranched alkanes of at least 4 members (excludes halogenated alkanes) is 2. The van der Waals surface area contributed by atoms with Crippen molar-refractivity contribution in [3.8, 4) is 0 Å². The number of hydrogen-bond acceptors (Lipinski definition) is 1. The second-order valence-corrected chi connectivity index (χ2v) is 2.17. The first-order valence-corrected chi connectivity index (χ1v) is 3.79. The zero-order valence-corrected chi connectivity index (χ0v) is 6.70. The molecule has 0 fully saturated rings. The molecule has 0 rings (SSSR count). The van der Waals surface area contributed by atoms with Crippen molar-refractivity contribution in [1.82, 2.24) is 0 Å². The molecule has 0 aliphatic rings. The Morgan fingerprint density at radius 2 is 1.91 bits per heavy atom. The monoisotopic (exact) mass is 150 g/mol. The molecule has 0 aromatic heterocycles. The number of carbonyl (C=O) groups is 1.